The van der Waals surface area contributed by atoms with Crippen LogP contribution in [0.3, 0.4) is 0 Å². The highest BCUT2D eigenvalue weighted by Crippen LogP contribution is 2.39. The minimum Gasteiger partial charge on any atom is -0.467 e. The average Bonchev–Trinajstić information content (AvgIpc) is 2.75. The standard InChI is InChI=1S/C13H21NO5/c1-18-12(17)10-6-9(15)8-14(10)11(16)7-13(19-2)4-3-5-13/h9-10,15H,3-8H2,1-2H3. The van der Waals surface area contributed by atoms with E-state index in [2.05, 4.69) is 4.74 Å². The van der Waals surface area contributed by atoms with Crippen molar-refractivity contribution >= 4 is 11.9 Å². The number of β-amino-alcohol motifs (C(OH)–C–C–N with tert-alkyl or cyclic N) is 1. The fourth-order valence-electron chi connectivity index (χ4n) is 2.85. The Morgan fingerprint density at radius 3 is 2.53 bits per heavy atom. The van der Waals surface area contributed by atoms with Gasteiger partial charge in [-0.2, -0.15) is 0 Å². The molecule has 108 valence electrons. The van der Waals surface area contributed by atoms with Gasteiger partial charge in [-0.3, -0.25) is 4.79 Å². The summed E-state index contributed by atoms with van der Waals surface area (Å²) in [6.07, 6.45) is 2.66. The van der Waals surface area contributed by atoms with Gasteiger partial charge in [0.25, 0.3) is 0 Å². The summed E-state index contributed by atoms with van der Waals surface area (Å²) in [7, 11) is 2.90. The number of amides is 1. The highest BCUT2D eigenvalue weighted by atomic mass is 16.5. The van der Waals surface area contributed by atoms with Crippen LogP contribution in [-0.4, -0.2) is 60.4 Å². The summed E-state index contributed by atoms with van der Waals surface area (Å²) < 4.78 is 10.1. The van der Waals surface area contributed by atoms with Crippen LogP contribution in [0.2, 0.25) is 0 Å². The Hall–Kier alpha value is -1.14. The SMILES string of the molecule is COC(=O)C1CC(O)CN1C(=O)CC1(OC)CCC1. The van der Waals surface area contributed by atoms with Crippen molar-refractivity contribution in [2.75, 3.05) is 20.8 Å². The smallest absolute Gasteiger partial charge is 0.328 e. The van der Waals surface area contributed by atoms with Gasteiger partial charge >= 0.3 is 5.97 Å². The van der Waals surface area contributed by atoms with Crippen molar-refractivity contribution < 1.29 is 24.2 Å². The van der Waals surface area contributed by atoms with Crippen LogP contribution in [0.25, 0.3) is 0 Å². The summed E-state index contributed by atoms with van der Waals surface area (Å²) in [6, 6.07) is -0.665. The topological polar surface area (TPSA) is 76.1 Å². The van der Waals surface area contributed by atoms with Crippen molar-refractivity contribution in [3.05, 3.63) is 0 Å². The van der Waals surface area contributed by atoms with Gasteiger partial charge in [0.05, 0.1) is 25.2 Å². The first-order valence-electron chi connectivity index (χ1n) is 6.62. The molecule has 2 fully saturated rings. The van der Waals surface area contributed by atoms with Crippen LogP contribution in [0.1, 0.15) is 32.1 Å². The highest BCUT2D eigenvalue weighted by Gasteiger charge is 2.44. The molecule has 2 unspecified atom stereocenters. The second kappa shape index (κ2) is 5.46. The van der Waals surface area contributed by atoms with Crippen LogP contribution in [-0.2, 0) is 19.1 Å². The number of esters is 1. The Labute approximate surface area is 112 Å². The van der Waals surface area contributed by atoms with Crippen molar-refractivity contribution in [1.29, 1.82) is 0 Å². The lowest BCUT2D eigenvalue weighted by Gasteiger charge is -2.41. The van der Waals surface area contributed by atoms with Crippen LogP contribution in [0.4, 0.5) is 0 Å². The fourth-order valence-corrected chi connectivity index (χ4v) is 2.85. The van der Waals surface area contributed by atoms with Gasteiger partial charge in [0, 0.05) is 20.1 Å². The van der Waals surface area contributed by atoms with Gasteiger partial charge in [0.1, 0.15) is 6.04 Å². The van der Waals surface area contributed by atoms with Gasteiger partial charge in [-0.05, 0) is 19.3 Å². The molecule has 6 nitrogen and oxygen atoms in total. The number of carbonyl (C=O) groups excluding carboxylic acids is 2. The molecule has 1 aliphatic carbocycles. The third-order valence-electron chi connectivity index (χ3n) is 4.24. The molecular formula is C13H21NO5. The zero-order valence-corrected chi connectivity index (χ0v) is 11.4. The molecule has 0 aromatic carbocycles. The van der Waals surface area contributed by atoms with E-state index in [1.807, 2.05) is 0 Å². The van der Waals surface area contributed by atoms with E-state index in [4.69, 9.17) is 4.74 Å². The molecule has 0 spiro atoms. The van der Waals surface area contributed by atoms with Gasteiger partial charge in [-0.15, -0.1) is 0 Å². The molecule has 0 radical (unpaired) electrons. The number of methoxy groups -OCH3 is 2. The Balaban J connectivity index is 2.02. The largest absolute Gasteiger partial charge is 0.467 e. The zero-order chi connectivity index (χ0) is 14.0. The second-order valence-electron chi connectivity index (χ2n) is 5.39. The Morgan fingerprint density at radius 1 is 1.37 bits per heavy atom. The molecule has 2 atom stereocenters. The molecule has 1 saturated heterocycles. The van der Waals surface area contributed by atoms with Crippen molar-refractivity contribution in [2.45, 2.75) is 49.9 Å². The lowest BCUT2D eigenvalue weighted by atomic mass is 9.77. The van der Waals surface area contributed by atoms with Gasteiger partial charge in [-0.1, -0.05) is 0 Å². The lowest BCUT2D eigenvalue weighted by molar-refractivity contribution is -0.155. The summed E-state index contributed by atoms with van der Waals surface area (Å²) in [4.78, 5) is 25.4. The van der Waals surface area contributed by atoms with E-state index in [0.29, 0.717) is 0 Å². The minimum absolute atomic E-state index is 0.145. The first kappa shape index (κ1) is 14.3. The van der Waals surface area contributed by atoms with Crippen molar-refractivity contribution in [3.8, 4) is 0 Å². The van der Waals surface area contributed by atoms with Gasteiger partial charge < -0.3 is 19.5 Å². The summed E-state index contributed by atoms with van der Waals surface area (Å²) in [6.45, 7) is 0.193. The van der Waals surface area contributed by atoms with Gasteiger partial charge in [0.2, 0.25) is 5.91 Å². The van der Waals surface area contributed by atoms with Gasteiger partial charge in [0.15, 0.2) is 0 Å². The number of hydrogen-bond acceptors (Lipinski definition) is 5. The third-order valence-corrected chi connectivity index (χ3v) is 4.24. The maximum Gasteiger partial charge on any atom is 0.328 e. The molecular weight excluding hydrogens is 250 g/mol. The molecule has 0 aromatic rings. The van der Waals surface area contributed by atoms with Crippen LogP contribution in [0.5, 0.6) is 0 Å². The summed E-state index contributed by atoms with van der Waals surface area (Å²) in [5.41, 5.74) is -0.370. The van der Waals surface area contributed by atoms with Crippen LogP contribution >= 0.6 is 0 Å². The maximum absolute atomic E-state index is 12.3. The van der Waals surface area contributed by atoms with Crippen molar-refractivity contribution in [1.82, 2.24) is 4.90 Å². The second-order valence-corrected chi connectivity index (χ2v) is 5.39. The van der Waals surface area contributed by atoms with E-state index < -0.39 is 18.1 Å². The molecule has 1 aliphatic heterocycles. The Kier molecular flexibility index (Phi) is 4.10. The molecule has 19 heavy (non-hydrogen) atoms. The summed E-state index contributed by atoms with van der Waals surface area (Å²) in [5.74, 6) is -0.613. The molecule has 1 heterocycles. The molecule has 6 heteroatoms. The number of likely N-dealkylation sites (tertiary alicyclic amines) is 1. The van der Waals surface area contributed by atoms with Crippen LogP contribution < -0.4 is 0 Å². The number of nitrogens with zero attached hydrogens (tertiary/aromatic N) is 1. The quantitative estimate of drug-likeness (QED) is 0.733. The Bertz CT molecular complexity index is 361. The van der Waals surface area contributed by atoms with Crippen LogP contribution in [0.15, 0.2) is 0 Å². The molecule has 1 saturated carbocycles. The number of rotatable bonds is 4. The fraction of sp³-hybridized carbons (Fsp3) is 0.846. The molecule has 2 aliphatic rings. The van der Waals surface area contributed by atoms with Gasteiger partial charge in [-0.25, -0.2) is 4.79 Å². The van der Waals surface area contributed by atoms with E-state index in [0.717, 1.165) is 19.3 Å². The normalized spacial score (nSPS) is 28.9. The van der Waals surface area contributed by atoms with E-state index >= 15 is 0 Å². The zero-order valence-electron chi connectivity index (χ0n) is 11.4. The average molecular weight is 271 g/mol. The van der Waals surface area contributed by atoms with Crippen molar-refractivity contribution in [3.63, 3.8) is 0 Å². The monoisotopic (exact) mass is 271 g/mol. The maximum atomic E-state index is 12.3. The van der Waals surface area contributed by atoms with E-state index in [-0.39, 0.29) is 30.9 Å². The highest BCUT2D eigenvalue weighted by molar-refractivity contribution is 5.85. The predicted octanol–water partition coefficient (Wildman–Crippen LogP) is 0.0804. The summed E-state index contributed by atoms with van der Waals surface area (Å²) in [5, 5.41) is 9.66. The number of ether oxygens (including phenoxy) is 2. The first-order valence-corrected chi connectivity index (χ1v) is 6.62. The molecule has 2 rings (SSSR count). The number of aliphatic hydroxyl groups is 1. The Morgan fingerprint density at radius 2 is 2.05 bits per heavy atom. The minimum atomic E-state index is -0.665. The molecule has 1 N–H and O–H groups in total. The number of aliphatic hydroxyl groups excluding tert-OH is 1. The molecule has 0 bridgehead atoms. The molecule has 1 amide bonds. The predicted molar refractivity (Wildman–Crippen MR) is 66.3 cm³/mol. The van der Waals surface area contributed by atoms with E-state index in [1.165, 1.54) is 12.0 Å². The summed E-state index contributed by atoms with van der Waals surface area (Å²) >= 11 is 0. The lowest BCUT2D eigenvalue weighted by Crippen LogP contribution is -2.48. The number of carbonyl (C=O) groups is 2. The van der Waals surface area contributed by atoms with E-state index in [1.54, 1.807) is 7.11 Å². The van der Waals surface area contributed by atoms with Crippen molar-refractivity contribution in [2.24, 2.45) is 0 Å². The third kappa shape index (κ3) is 2.74. The van der Waals surface area contributed by atoms with Crippen LogP contribution in [0, 0.1) is 0 Å². The number of hydrogen-bond donors (Lipinski definition) is 1. The molecule has 0 aromatic heterocycles. The van der Waals surface area contributed by atoms with E-state index in [9.17, 15) is 14.7 Å². The first-order chi connectivity index (χ1) is 9.01.